The summed E-state index contributed by atoms with van der Waals surface area (Å²) in [5.41, 5.74) is 6.77. The van der Waals surface area contributed by atoms with E-state index in [2.05, 4.69) is 139 Å². The van der Waals surface area contributed by atoms with E-state index in [4.69, 9.17) is 64.5 Å². The SMILES string of the molecule is CC(CC(C)CC(CC(CC(CC(C)NC(=O)OCC1c2ccccc2-c2ccccc21)NC(=O)OCc1ccccc1)NC(=O)OC(C)(C)C)C(=O)OCC(Cl)(Cl)Cl)CC(CC(C)C(C)ON)NC(c1ccccc1)(c1ccccc1)c1ccccc1. The van der Waals surface area contributed by atoms with Crippen molar-refractivity contribution < 1.29 is 43.0 Å². The number of alkyl carbamates (subject to hydrolysis) is 3. The van der Waals surface area contributed by atoms with Crippen LogP contribution in [0.15, 0.2) is 170 Å². The zero-order valence-corrected chi connectivity index (χ0v) is 54.2. The highest BCUT2D eigenvalue weighted by molar-refractivity contribution is 6.67. The molecule has 17 heteroatoms. The van der Waals surface area contributed by atoms with Crippen molar-refractivity contribution >= 4 is 59.1 Å². The minimum absolute atomic E-state index is 0.00894. The van der Waals surface area contributed by atoms with Crippen molar-refractivity contribution in [2.75, 3.05) is 13.2 Å². The highest BCUT2D eigenvalue weighted by Gasteiger charge is 2.40. The summed E-state index contributed by atoms with van der Waals surface area (Å²) in [5, 5.41) is 13.3. The summed E-state index contributed by atoms with van der Waals surface area (Å²) in [6.07, 6.45) is 0.426. The van der Waals surface area contributed by atoms with E-state index in [1.807, 2.05) is 79.7 Å². The molecule has 1 aliphatic carbocycles. The van der Waals surface area contributed by atoms with Gasteiger partial charge < -0.3 is 39.7 Å². The van der Waals surface area contributed by atoms with Crippen LogP contribution in [0.3, 0.4) is 0 Å². The van der Waals surface area contributed by atoms with Crippen molar-refractivity contribution in [3.63, 3.8) is 0 Å². The van der Waals surface area contributed by atoms with Crippen LogP contribution >= 0.6 is 34.8 Å². The maximum absolute atomic E-state index is 14.6. The number of amides is 3. The van der Waals surface area contributed by atoms with E-state index in [1.165, 1.54) is 0 Å². The van der Waals surface area contributed by atoms with Gasteiger partial charge in [0.05, 0.1) is 17.6 Å². The van der Waals surface area contributed by atoms with Crippen LogP contribution in [0.5, 0.6) is 0 Å². The Morgan fingerprint density at radius 3 is 1.51 bits per heavy atom. The third kappa shape index (κ3) is 20.7. The van der Waals surface area contributed by atoms with Gasteiger partial charge in [-0.05, 0) is 142 Å². The maximum Gasteiger partial charge on any atom is 0.407 e. The highest BCUT2D eigenvalue weighted by atomic mass is 35.6. The Bertz CT molecular complexity index is 2990. The molecule has 6 N–H and O–H groups in total. The molecule has 3 amide bonds. The molecule has 0 bridgehead atoms. The van der Waals surface area contributed by atoms with Gasteiger partial charge in [0.1, 0.15) is 25.4 Å². The Kier molecular flexibility index (Phi) is 25.6. The molecule has 0 spiro atoms. The zero-order valence-electron chi connectivity index (χ0n) is 51.9. The summed E-state index contributed by atoms with van der Waals surface area (Å²) >= 11 is 18.6. The minimum Gasteiger partial charge on any atom is -0.461 e. The third-order valence-corrected chi connectivity index (χ3v) is 16.7. The zero-order chi connectivity index (χ0) is 63.4. The van der Waals surface area contributed by atoms with Gasteiger partial charge in [0.25, 0.3) is 0 Å². The van der Waals surface area contributed by atoms with E-state index >= 15 is 0 Å². The molecule has 6 aromatic carbocycles. The summed E-state index contributed by atoms with van der Waals surface area (Å²) in [6, 6.07) is 54.7. The molecule has 0 radical (unpaired) electrons. The Balaban J connectivity index is 1.14. The molecule has 9 atom stereocenters. The van der Waals surface area contributed by atoms with Gasteiger partial charge in [-0.3, -0.25) is 10.1 Å². The standard InChI is InChI=1S/C71H88Cl3N5O9/c1-47(37-48(2)39-59(40-49(3)51(5)88-75)79-71(54-27-15-10-16-28-54,55-29-17-11-18-30-55)56-31-19-12-20-32-56)38-53(65(80)86-46-70(72,73)74)42-58(78-68(83)87-69(6,7)8)43-57(77-67(82)84-44-52-25-13-9-14-26-52)41-50(4)76-66(81)85-45-64-62-35-23-21-33-60(62)61-34-22-24-36-63(61)64/h9-36,47-51,53,57-59,64,79H,37-46,75H2,1-8H3,(H,76,81)(H,77,82)(H,78,83). The fraction of sp³-hybridized carbons (Fsp3) is 0.437. The first-order valence-electron chi connectivity index (χ1n) is 30.6. The molecule has 0 aromatic heterocycles. The van der Waals surface area contributed by atoms with E-state index in [9.17, 15) is 19.2 Å². The molecule has 0 heterocycles. The number of alkyl halides is 3. The van der Waals surface area contributed by atoms with Crippen molar-refractivity contribution in [2.24, 2.45) is 29.6 Å². The number of halogens is 3. The molecular weight excluding hydrogens is 1170 g/mol. The van der Waals surface area contributed by atoms with Crippen molar-refractivity contribution in [3.05, 3.63) is 203 Å². The van der Waals surface area contributed by atoms with Gasteiger partial charge in [0.2, 0.25) is 3.79 Å². The first-order valence-corrected chi connectivity index (χ1v) is 31.7. The van der Waals surface area contributed by atoms with E-state index in [0.717, 1.165) is 57.3 Å². The number of ether oxygens (including phenoxy) is 4. The topological polar surface area (TPSA) is 189 Å². The number of carbonyl (C=O) groups excluding carboxylic acids is 4. The largest absolute Gasteiger partial charge is 0.461 e. The van der Waals surface area contributed by atoms with Crippen LogP contribution in [0.1, 0.15) is 140 Å². The highest BCUT2D eigenvalue weighted by Crippen LogP contribution is 2.45. The number of hydrogen-bond acceptors (Lipinski definition) is 11. The molecule has 88 heavy (non-hydrogen) atoms. The van der Waals surface area contributed by atoms with Gasteiger partial charge in [-0.1, -0.05) is 225 Å². The van der Waals surface area contributed by atoms with Crippen LogP contribution in [0.2, 0.25) is 0 Å². The molecule has 14 nitrogen and oxygen atoms in total. The van der Waals surface area contributed by atoms with Crippen LogP contribution in [0.25, 0.3) is 11.1 Å². The number of carbonyl (C=O) groups is 4. The molecule has 9 unspecified atom stereocenters. The number of nitrogens with one attached hydrogen (secondary N) is 4. The predicted octanol–water partition coefficient (Wildman–Crippen LogP) is 15.5. The normalized spacial score (nSPS) is 15.5. The van der Waals surface area contributed by atoms with Crippen LogP contribution in [0, 0.1) is 23.7 Å². The molecule has 1 aliphatic rings. The number of nitrogens with two attached hydrogens (primary N) is 1. The van der Waals surface area contributed by atoms with E-state index in [-0.39, 0.29) is 68.3 Å². The lowest BCUT2D eigenvalue weighted by atomic mass is 9.75. The van der Waals surface area contributed by atoms with Gasteiger partial charge in [-0.15, -0.1) is 0 Å². The van der Waals surface area contributed by atoms with Gasteiger partial charge in [0, 0.05) is 30.1 Å². The number of fused-ring (bicyclic) bond motifs is 3. The van der Waals surface area contributed by atoms with Gasteiger partial charge in [0.15, 0.2) is 0 Å². The Morgan fingerprint density at radius 2 is 0.989 bits per heavy atom. The first kappa shape index (κ1) is 68.8. The summed E-state index contributed by atoms with van der Waals surface area (Å²) in [4.78, 5) is 61.4. The van der Waals surface area contributed by atoms with Crippen molar-refractivity contribution in [3.8, 4) is 11.1 Å². The van der Waals surface area contributed by atoms with Gasteiger partial charge in [-0.25, -0.2) is 20.3 Å². The third-order valence-electron chi connectivity index (χ3n) is 16.3. The quantitative estimate of drug-likeness (QED) is 0.00949. The van der Waals surface area contributed by atoms with Crippen molar-refractivity contribution in [2.45, 2.75) is 158 Å². The number of benzene rings is 6. The summed E-state index contributed by atoms with van der Waals surface area (Å²) in [7, 11) is 0. The molecule has 0 fully saturated rings. The van der Waals surface area contributed by atoms with Gasteiger partial charge >= 0.3 is 24.2 Å². The minimum atomic E-state index is -1.90. The molecule has 0 aliphatic heterocycles. The number of esters is 1. The van der Waals surface area contributed by atoms with Crippen molar-refractivity contribution in [1.82, 2.24) is 21.3 Å². The Hall–Kier alpha value is -6.65. The summed E-state index contributed by atoms with van der Waals surface area (Å²) in [5.74, 6) is 4.28. The number of rotatable bonds is 30. The average Bonchev–Trinajstić information content (AvgIpc) is 2.81. The summed E-state index contributed by atoms with van der Waals surface area (Å²) < 4.78 is 21.3. The second kappa shape index (κ2) is 32.7. The smallest absolute Gasteiger partial charge is 0.407 e. The first-order chi connectivity index (χ1) is 42.0. The number of hydrogen-bond donors (Lipinski definition) is 5. The predicted molar refractivity (Wildman–Crippen MR) is 350 cm³/mol. The molecule has 0 saturated carbocycles. The van der Waals surface area contributed by atoms with E-state index in [0.29, 0.717) is 12.8 Å². The molecule has 0 saturated heterocycles. The fourth-order valence-electron chi connectivity index (χ4n) is 12.4. The molecule has 6 aromatic rings. The van der Waals surface area contributed by atoms with Crippen LogP contribution < -0.4 is 27.2 Å². The lowest BCUT2D eigenvalue weighted by Crippen LogP contribution is -2.51. The molecular formula is C71H88Cl3N5O9. The second-order valence-corrected chi connectivity index (χ2v) is 27.4. The molecule has 472 valence electrons. The lowest BCUT2D eigenvalue weighted by Gasteiger charge is -2.42. The monoisotopic (exact) mass is 1260 g/mol. The Labute approximate surface area is 535 Å². The maximum atomic E-state index is 14.6. The average molecular weight is 1260 g/mol. The van der Waals surface area contributed by atoms with Crippen LogP contribution in [-0.2, 0) is 40.7 Å². The van der Waals surface area contributed by atoms with E-state index in [1.54, 1.807) is 27.7 Å². The van der Waals surface area contributed by atoms with Crippen LogP contribution in [-0.4, -0.2) is 77.1 Å². The van der Waals surface area contributed by atoms with Gasteiger partial charge in [-0.2, -0.15) is 0 Å². The Morgan fingerprint density at radius 1 is 0.511 bits per heavy atom. The molecule has 7 rings (SSSR count). The fourth-order valence-corrected chi connectivity index (χ4v) is 12.5. The van der Waals surface area contributed by atoms with E-state index < -0.39 is 69.8 Å². The van der Waals surface area contributed by atoms with Crippen LogP contribution in [0.4, 0.5) is 14.4 Å². The lowest BCUT2D eigenvalue weighted by molar-refractivity contribution is -0.149. The van der Waals surface area contributed by atoms with Crippen molar-refractivity contribution in [1.29, 1.82) is 0 Å². The summed E-state index contributed by atoms with van der Waals surface area (Å²) in [6.45, 7) is 15.1. The second-order valence-electron chi connectivity index (χ2n) is 24.9.